The van der Waals surface area contributed by atoms with Gasteiger partial charge in [-0.15, -0.1) is 0 Å². The van der Waals surface area contributed by atoms with Crippen LogP contribution in [-0.4, -0.2) is 19.4 Å². The summed E-state index contributed by atoms with van der Waals surface area (Å²) in [6, 6.07) is 5.02. The summed E-state index contributed by atoms with van der Waals surface area (Å²) in [4.78, 5) is -0.925. The molecular weight excluding hydrogens is 430 g/mol. The molecule has 1 fully saturated rings. The van der Waals surface area contributed by atoms with Gasteiger partial charge in [-0.1, -0.05) is 43.9 Å². The molecule has 0 N–H and O–H groups in total. The monoisotopic (exact) mass is 448 g/mol. The lowest BCUT2D eigenvalue weighted by Gasteiger charge is -2.41. The van der Waals surface area contributed by atoms with Gasteiger partial charge in [0.15, 0.2) is 0 Å². The van der Waals surface area contributed by atoms with E-state index in [1.807, 2.05) is 0 Å². The summed E-state index contributed by atoms with van der Waals surface area (Å²) in [6.07, 6.45) is 4.75. The summed E-state index contributed by atoms with van der Waals surface area (Å²) >= 11 is 0. The molecule has 1 saturated carbocycles. The van der Waals surface area contributed by atoms with Gasteiger partial charge >= 0.3 is 21.1 Å². The number of benzene rings is 1. The maximum atomic E-state index is 14.4. The van der Waals surface area contributed by atoms with Crippen LogP contribution in [0.4, 0.5) is 26.3 Å². The predicted molar refractivity (Wildman–Crippen MR) is 93.6 cm³/mol. The maximum absolute atomic E-state index is 14.4. The van der Waals surface area contributed by atoms with Crippen LogP contribution in [0.2, 0.25) is 0 Å². The van der Waals surface area contributed by atoms with Gasteiger partial charge < -0.3 is 0 Å². The molecule has 1 atom stereocenters. The van der Waals surface area contributed by atoms with Gasteiger partial charge in [0.1, 0.15) is 0 Å². The van der Waals surface area contributed by atoms with Crippen LogP contribution >= 0.6 is 10.3 Å². The molecule has 1 aromatic carbocycles. The average molecular weight is 448 g/mol. The second-order valence-electron chi connectivity index (χ2n) is 6.74. The Kier molecular flexibility index (Phi) is 5.56. The Bertz CT molecular complexity index is 868. The molecule has 1 aliphatic heterocycles. The van der Waals surface area contributed by atoms with Gasteiger partial charge in [-0.3, -0.25) is 0 Å². The van der Waals surface area contributed by atoms with Crippen LogP contribution < -0.4 is 0 Å². The molecule has 1 aliphatic carbocycles. The summed E-state index contributed by atoms with van der Waals surface area (Å²) in [5.74, 6) is -0.685. The van der Waals surface area contributed by atoms with Crippen molar-refractivity contribution in [1.82, 2.24) is 0 Å². The number of fused-ring (bicyclic) bond motifs is 1. The summed E-state index contributed by atoms with van der Waals surface area (Å²) < 4.78 is 110. The Morgan fingerprint density at radius 3 is 2.04 bits per heavy atom. The zero-order valence-corrected chi connectivity index (χ0v) is 16.1. The van der Waals surface area contributed by atoms with Crippen LogP contribution in [0.5, 0.6) is 0 Å². The van der Waals surface area contributed by atoms with Crippen molar-refractivity contribution < 1.29 is 38.4 Å². The molecule has 0 saturated heterocycles. The Morgan fingerprint density at radius 2 is 1.50 bits per heavy atom. The second kappa shape index (κ2) is 7.24. The third-order valence-electron chi connectivity index (χ3n) is 4.92. The smallest absolute Gasteiger partial charge is 0.196 e. The topological polar surface area (TPSA) is 43.4 Å². The minimum Gasteiger partial charge on any atom is -0.196 e. The Labute approximate surface area is 160 Å². The molecule has 158 valence electrons. The quantitative estimate of drug-likeness (QED) is 0.302. The van der Waals surface area contributed by atoms with Crippen molar-refractivity contribution in [2.45, 2.75) is 54.4 Å². The first-order chi connectivity index (χ1) is 12.9. The fourth-order valence-electron chi connectivity index (χ4n) is 3.69. The fraction of sp³-hybridized carbons (Fsp3) is 0.529. The van der Waals surface area contributed by atoms with Gasteiger partial charge in [0.2, 0.25) is 0 Å². The normalized spacial score (nSPS) is 26.9. The predicted octanol–water partition coefficient (Wildman–Crippen LogP) is 6.48. The summed E-state index contributed by atoms with van der Waals surface area (Å²) in [7, 11) is -11.4. The second-order valence-corrected chi connectivity index (χ2v) is 11.1. The van der Waals surface area contributed by atoms with E-state index in [1.54, 1.807) is 0 Å². The van der Waals surface area contributed by atoms with Crippen molar-refractivity contribution in [3.8, 4) is 0 Å². The van der Waals surface area contributed by atoms with Gasteiger partial charge in [-0.2, -0.15) is 38.4 Å². The summed E-state index contributed by atoms with van der Waals surface area (Å²) in [5, 5.41) is 0. The van der Waals surface area contributed by atoms with E-state index < -0.39 is 42.3 Å². The lowest BCUT2D eigenvalue weighted by molar-refractivity contribution is -0.0547. The van der Waals surface area contributed by atoms with E-state index in [1.165, 1.54) is 24.3 Å². The van der Waals surface area contributed by atoms with Crippen molar-refractivity contribution in [2.75, 3.05) is 0 Å². The maximum Gasteiger partial charge on any atom is 0.523 e. The zero-order valence-electron chi connectivity index (χ0n) is 14.5. The van der Waals surface area contributed by atoms with Gasteiger partial charge in [0.25, 0.3) is 0 Å². The molecule has 28 heavy (non-hydrogen) atoms. The minimum atomic E-state index is -6.47. The van der Waals surface area contributed by atoms with Crippen molar-refractivity contribution in [2.24, 2.45) is 5.92 Å². The first-order valence-corrected chi connectivity index (χ1v) is 11.6. The Morgan fingerprint density at radius 1 is 0.929 bits per heavy atom. The molecular formula is C17H18F6O3S2. The van der Waals surface area contributed by atoms with Crippen LogP contribution in [0, 0.1) is 5.92 Å². The molecule has 3 rings (SSSR count). The van der Waals surface area contributed by atoms with Gasteiger partial charge in [-0.25, -0.2) is 0 Å². The van der Waals surface area contributed by atoms with Crippen molar-refractivity contribution in [3.63, 3.8) is 0 Å². The highest BCUT2D eigenvalue weighted by Crippen LogP contribution is 2.79. The molecule has 1 unspecified atom stereocenters. The molecule has 0 bridgehead atoms. The van der Waals surface area contributed by atoms with E-state index in [0.29, 0.717) is 25.7 Å². The average Bonchev–Trinajstić information content (AvgIpc) is 2.73. The molecule has 1 heterocycles. The van der Waals surface area contributed by atoms with Crippen LogP contribution in [0.15, 0.2) is 34.1 Å². The van der Waals surface area contributed by atoms with Crippen LogP contribution in [0.1, 0.15) is 44.1 Å². The molecule has 0 radical (unpaired) electrons. The van der Waals surface area contributed by atoms with E-state index in [0.717, 1.165) is 18.9 Å². The lowest BCUT2D eigenvalue weighted by atomic mass is 9.99. The molecule has 1 aromatic rings. The number of hydrogen-bond acceptors (Lipinski definition) is 3. The lowest BCUT2D eigenvalue weighted by Crippen LogP contribution is -2.33. The van der Waals surface area contributed by atoms with Gasteiger partial charge in [0, 0.05) is 20.1 Å². The van der Waals surface area contributed by atoms with Crippen LogP contribution in [0.3, 0.4) is 0 Å². The third-order valence-corrected chi connectivity index (χ3v) is 9.78. The van der Waals surface area contributed by atoms with Crippen LogP contribution in [-0.2, 0) is 13.7 Å². The van der Waals surface area contributed by atoms with Crippen molar-refractivity contribution >= 4 is 26.5 Å². The Balaban J connectivity index is 2.22. The van der Waals surface area contributed by atoms with E-state index in [-0.39, 0.29) is 10.5 Å². The first-order valence-electron chi connectivity index (χ1n) is 8.63. The molecule has 0 amide bonds. The summed E-state index contributed by atoms with van der Waals surface area (Å²) in [5.41, 5.74) is -11.2. The van der Waals surface area contributed by atoms with Crippen molar-refractivity contribution in [1.29, 1.82) is 0 Å². The van der Waals surface area contributed by atoms with E-state index in [9.17, 15) is 34.8 Å². The molecule has 2 aliphatic rings. The largest absolute Gasteiger partial charge is 0.523 e. The number of rotatable bonds is 3. The number of halogens is 6. The summed E-state index contributed by atoms with van der Waals surface area (Å²) in [6.45, 7) is 0. The number of alkyl halides is 6. The third kappa shape index (κ3) is 3.56. The van der Waals surface area contributed by atoms with E-state index in [2.05, 4.69) is 3.63 Å². The molecule has 0 aromatic heterocycles. The molecule has 3 nitrogen and oxygen atoms in total. The SMILES string of the molecule is O=S(=O)(OS1(C(F)(F)F)C(C2CCCCCC2)=Cc2ccccc21)C(F)(F)F. The minimum absolute atomic E-state index is 0.0476. The number of hydrogen-bond donors (Lipinski definition) is 0. The number of allylic oxidation sites excluding steroid dienone is 1. The first kappa shape index (κ1) is 21.5. The standard InChI is InChI=1S/C17H18F6O3S2/c18-16(19,20)27(26-28(24,25)17(21,22)23)14-10-6-5-9-13(14)11-15(27)12-7-3-1-2-4-8-12/h5-6,9-12H,1-4,7-8H2. The highest BCUT2D eigenvalue weighted by atomic mass is 32.3. The molecule has 11 heteroatoms. The highest BCUT2D eigenvalue weighted by Gasteiger charge is 2.64. The van der Waals surface area contributed by atoms with E-state index >= 15 is 0 Å². The fourth-order valence-corrected chi connectivity index (χ4v) is 8.48. The van der Waals surface area contributed by atoms with Crippen LogP contribution in [0.25, 0.3) is 6.08 Å². The van der Waals surface area contributed by atoms with Gasteiger partial charge in [0.05, 0.1) is 0 Å². The van der Waals surface area contributed by atoms with E-state index in [4.69, 9.17) is 0 Å². The zero-order chi connectivity index (χ0) is 20.8. The Hall–Kier alpha value is -1.20. The van der Waals surface area contributed by atoms with Crippen molar-refractivity contribution in [3.05, 3.63) is 34.7 Å². The highest BCUT2D eigenvalue weighted by molar-refractivity contribution is 8.37. The van der Waals surface area contributed by atoms with Gasteiger partial charge in [-0.05, 0) is 36.5 Å². The molecule has 0 spiro atoms.